The topological polar surface area (TPSA) is 21.3 Å². The summed E-state index contributed by atoms with van der Waals surface area (Å²) in [6.45, 7) is 5.41. The quantitative estimate of drug-likeness (QED) is 0.821. The lowest BCUT2D eigenvalue weighted by Gasteiger charge is -2.23. The Bertz CT molecular complexity index is 597. The normalized spacial score (nSPS) is 18.6. The first-order valence-electron chi connectivity index (χ1n) is 7.35. The fourth-order valence-electron chi connectivity index (χ4n) is 2.79. The molecule has 21 heavy (non-hydrogen) atoms. The third-order valence-corrected chi connectivity index (χ3v) is 5.29. The van der Waals surface area contributed by atoms with Crippen LogP contribution in [0, 0.1) is 5.92 Å². The lowest BCUT2D eigenvalue weighted by molar-refractivity contribution is 0.215. The van der Waals surface area contributed by atoms with Crippen molar-refractivity contribution in [3.05, 3.63) is 50.6 Å². The molecule has 3 rings (SSSR count). The molecule has 1 aliphatic heterocycles. The van der Waals surface area contributed by atoms with Crippen molar-refractivity contribution in [2.24, 2.45) is 5.92 Å². The van der Waals surface area contributed by atoms with Crippen molar-refractivity contribution in [3.63, 3.8) is 0 Å². The van der Waals surface area contributed by atoms with Crippen LogP contribution >= 0.6 is 27.3 Å². The molecule has 1 aliphatic rings. The molecule has 1 N–H and O–H groups in total. The van der Waals surface area contributed by atoms with Gasteiger partial charge in [-0.1, -0.05) is 35.8 Å². The van der Waals surface area contributed by atoms with Crippen LogP contribution in [-0.4, -0.2) is 12.6 Å². The van der Waals surface area contributed by atoms with Crippen molar-refractivity contribution in [3.8, 4) is 5.75 Å². The molecule has 2 aromatic rings. The van der Waals surface area contributed by atoms with Gasteiger partial charge in [0.1, 0.15) is 11.9 Å². The smallest absolute Gasteiger partial charge is 0.123 e. The van der Waals surface area contributed by atoms with Crippen LogP contribution in [0.25, 0.3) is 0 Å². The zero-order valence-electron chi connectivity index (χ0n) is 12.3. The Balaban J connectivity index is 1.61. The Morgan fingerprint density at radius 3 is 2.95 bits per heavy atom. The molecule has 0 bridgehead atoms. The molecule has 0 radical (unpaired) electrons. The van der Waals surface area contributed by atoms with Crippen molar-refractivity contribution in [2.75, 3.05) is 6.54 Å². The number of halogens is 1. The molecule has 1 aromatic heterocycles. The number of rotatable bonds is 5. The second-order valence-corrected chi connectivity index (χ2v) is 7.74. The fourth-order valence-corrected chi connectivity index (χ4v) is 4.18. The maximum absolute atomic E-state index is 6.03. The van der Waals surface area contributed by atoms with Crippen molar-refractivity contribution >= 4 is 27.3 Å². The second kappa shape index (κ2) is 6.51. The van der Waals surface area contributed by atoms with Gasteiger partial charge in [0, 0.05) is 28.4 Å². The molecule has 0 aliphatic carbocycles. The standard InChI is InChI=1S/C17H20BrNOS/c1-11(2)17(16-4-3-7-21-16)19-10-14-9-12-8-13(18)5-6-15(12)20-14/h3-8,11,14,17,19H,9-10H2,1-2H3. The number of thiophene rings is 1. The number of fused-ring (bicyclic) bond motifs is 1. The number of nitrogens with one attached hydrogen (secondary N) is 1. The average molecular weight is 366 g/mol. The summed E-state index contributed by atoms with van der Waals surface area (Å²) in [4.78, 5) is 1.41. The van der Waals surface area contributed by atoms with Crippen LogP contribution in [0.2, 0.25) is 0 Å². The average Bonchev–Trinajstić information content (AvgIpc) is 3.07. The van der Waals surface area contributed by atoms with Crippen LogP contribution in [0.1, 0.15) is 30.3 Å². The summed E-state index contributed by atoms with van der Waals surface area (Å²) in [5, 5.41) is 5.83. The second-order valence-electron chi connectivity index (χ2n) is 5.84. The highest BCUT2D eigenvalue weighted by atomic mass is 79.9. The summed E-state index contributed by atoms with van der Waals surface area (Å²) in [6, 6.07) is 11.0. The van der Waals surface area contributed by atoms with Gasteiger partial charge in [0.15, 0.2) is 0 Å². The van der Waals surface area contributed by atoms with Crippen molar-refractivity contribution < 1.29 is 4.74 Å². The van der Waals surface area contributed by atoms with Gasteiger partial charge >= 0.3 is 0 Å². The Morgan fingerprint density at radius 2 is 2.24 bits per heavy atom. The van der Waals surface area contributed by atoms with Crippen molar-refractivity contribution in [2.45, 2.75) is 32.4 Å². The number of hydrogen-bond acceptors (Lipinski definition) is 3. The van der Waals surface area contributed by atoms with E-state index in [0.717, 1.165) is 23.2 Å². The lowest BCUT2D eigenvalue weighted by atomic mass is 10.0. The maximum atomic E-state index is 6.03. The van der Waals surface area contributed by atoms with Gasteiger partial charge in [-0.3, -0.25) is 0 Å². The molecule has 0 fully saturated rings. The summed E-state index contributed by atoms with van der Waals surface area (Å²) < 4.78 is 7.15. The summed E-state index contributed by atoms with van der Waals surface area (Å²) in [7, 11) is 0. The molecular weight excluding hydrogens is 346 g/mol. The number of benzene rings is 1. The van der Waals surface area contributed by atoms with E-state index in [1.54, 1.807) is 0 Å². The zero-order valence-corrected chi connectivity index (χ0v) is 14.7. The molecule has 0 spiro atoms. The fraction of sp³-hybridized carbons (Fsp3) is 0.412. The molecule has 0 saturated heterocycles. The first-order valence-corrected chi connectivity index (χ1v) is 9.02. The summed E-state index contributed by atoms with van der Waals surface area (Å²) in [5.74, 6) is 1.60. The first kappa shape index (κ1) is 15.1. The molecule has 0 saturated carbocycles. The monoisotopic (exact) mass is 365 g/mol. The third-order valence-electron chi connectivity index (χ3n) is 3.85. The summed E-state index contributed by atoms with van der Waals surface area (Å²) >= 11 is 5.34. The predicted molar refractivity (Wildman–Crippen MR) is 92.2 cm³/mol. The molecule has 2 heterocycles. The van der Waals surface area contributed by atoms with Gasteiger partial charge in [0.05, 0.1) is 0 Å². The van der Waals surface area contributed by atoms with Gasteiger partial charge < -0.3 is 10.1 Å². The maximum Gasteiger partial charge on any atom is 0.123 e. The zero-order chi connectivity index (χ0) is 14.8. The van der Waals surface area contributed by atoms with Crippen LogP contribution < -0.4 is 10.1 Å². The van der Waals surface area contributed by atoms with E-state index in [-0.39, 0.29) is 6.10 Å². The van der Waals surface area contributed by atoms with Crippen LogP contribution in [0.5, 0.6) is 5.75 Å². The Kier molecular flexibility index (Phi) is 4.67. The summed E-state index contributed by atoms with van der Waals surface area (Å²) in [5.41, 5.74) is 1.30. The van der Waals surface area contributed by atoms with E-state index < -0.39 is 0 Å². The molecule has 4 heteroatoms. The van der Waals surface area contributed by atoms with E-state index in [1.165, 1.54) is 10.4 Å². The lowest BCUT2D eigenvalue weighted by Crippen LogP contribution is -2.34. The van der Waals surface area contributed by atoms with E-state index in [9.17, 15) is 0 Å². The molecular formula is C17H20BrNOS. The molecule has 112 valence electrons. The SMILES string of the molecule is CC(C)C(NCC1Cc2cc(Br)ccc2O1)c1cccs1. The molecule has 2 atom stereocenters. The van der Waals surface area contributed by atoms with Crippen LogP contribution in [0.15, 0.2) is 40.2 Å². The van der Waals surface area contributed by atoms with E-state index >= 15 is 0 Å². The van der Waals surface area contributed by atoms with Gasteiger partial charge in [-0.05, 0) is 41.1 Å². The minimum atomic E-state index is 0.232. The van der Waals surface area contributed by atoms with Gasteiger partial charge in [-0.15, -0.1) is 11.3 Å². The number of ether oxygens (including phenoxy) is 1. The molecule has 2 unspecified atom stereocenters. The Labute approximate surface area is 138 Å². The van der Waals surface area contributed by atoms with Crippen molar-refractivity contribution in [1.82, 2.24) is 5.32 Å². The Hall–Kier alpha value is -0.840. The molecule has 1 aromatic carbocycles. The highest BCUT2D eigenvalue weighted by Gasteiger charge is 2.25. The third kappa shape index (κ3) is 3.50. The van der Waals surface area contributed by atoms with Gasteiger partial charge in [0.25, 0.3) is 0 Å². The van der Waals surface area contributed by atoms with E-state index in [0.29, 0.717) is 12.0 Å². The minimum absolute atomic E-state index is 0.232. The highest BCUT2D eigenvalue weighted by Crippen LogP contribution is 2.32. The first-order chi connectivity index (χ1) is 10.1. The summed E-state index contributed by atoms with van der Waals surface area (Å²) in [6.07, 6.45) is 1.22. The van der Waals surface area contributed by atoms with Crippen molar-refractivity contribution in [1.29, 1.82) is 0 Å². The molecule has 0 amide bonds. The number of hydrogen-bond donors (Lipinski definition) is 1. The predicted octanol–water partition coefficient (Wildman–Crippen LogP) is 4.80. The van der Waals surface area contributed by atoms with E-state index in [2.05, 4.69) is 64.7 Å². The van der Waals surface area contributed by atoms with Gasteiger partial charge in [-0.2, -0.15) is 0 Å². The highest BCUT2D eigenvalue weighted by molar-refractivity contribution is 9.10. The molecule has 2 nitrogen and oxygen atoms in total. The largest absolute Gasteiger partial charge is 0.488 e. The van der Waals surface area contributed by atoms with Gasteiger partial charge in [-0.25, -0.2) is 0 Å². The van der Waals surface area contributed by atoms with Gasteiger partial charge in [0.2, 0.25) is 0 Å². The van der Waals surface area contributed by atoms with E-state index in [1.807, 2.05) is 17.4 Å². The van der Waals surface area contributed by atoms with Crippen LogP contribution in [-0.2, 0) is 6.42 Å². The van der Waals surface area contributed by atoms with Crippen LogP contribution in [0.3, 0.4) is 0 Å². The Morgan fingerprint density at radius 1 is 1.38 bits per heavy atom. The van der Waals surface area contributed by atoms with E-state index in [4.69, 9.17) is 4.74 Å². The minimum Gasteiger partial charge on any atom is -0.488 e. The van der Waals surface area contributed by atoms with Crippen LogP contribution in [0.4, 0.5) is 0 Å².